The molecule has 0 aromatic heterocycles. The zero-order valence-corrected chi connectivity index (χ0v) is 6.34. The average molecular weight is 157 g/mol. The SMILES string of the molecule is O=C(Cl)[C@H]1C[C@@H]2C=C[C@@H]1C2. The fraction of sp³-hybridized carbons (Fsp3) is 0.625. The number of fused-ring (bicyclic) bond motifs is 2. The second-order valence-electron chi connectivity index (χ2n) is 3.19. The zero-order valence-electron chi connectivity index (χ0n) is 5.59. The summed E-state index contributed by atoms with van der Waals surface area (Å²) in [7, 11) is 0. The van der Waals surface area contributed by atoms with Crippen molar-refractivity contribution in [2.24, 2.45) is 17.8 Å². The Morgan fingerprint density at radius 2 is 2.20 bits per heavy atom. The fourth-order valence-corrected chi connectivity index (χ4v) is 2.29. The first-order valence-electron chi connectivity index (χ1n) is 3.65. The highest BCUT2D eigenvalue weighted by Gasteiger charge is 2.38. The van der Waals surface area contributed by atoms with E-state index in [0.29, 0.717) is 11.8 Å². The summed E-state index contributed by atoms with van der Waals surface area (Å²) in [5.41, 5.74) is 0. The third-order valence-corrected chi connectivity index (χ3v) is 2.85. The Bertz CT molecular complexity index is 197. The molecule has 0 unspecified atom stereocenters. The van der Waals surface area contributed by atoms with Gasteiger partial charge in [-0.3, -0.25) is 4.79 Å². The van der Waals surface area contributed by atoms with Crippen molar-refractivity contribution in [1.82, 2.24) is 0 Å². The second kappa shape index (κ2) is 2.09. The predicted molar refractivity (Wildman–Crippen MR) is 39.7 cm³/mol. The summed E-state index contributed by atoms with van der Waals surface area (Å²) in [6.45, 7) is 0. The highest BCUT2D eigenvalue weighted by atomic mass is 35.5. The molecule has 0 saturated heterocycles. The maximum absolute atomic E-state index is 10.8. The average Bonchev–Trinajstić information content (AvgIpc) is 2.44. The van der Waals surface area contributed by atoms with Crippen LogP contribution in [0.15, 0.2) is 12.2 Å². The van der Waals surface area contributed by atoms with Crippen LogP contribution in [-0.4, -0.2) is 5.24 Å². The fourth-order valence-electron chi connectivity index (χ4n) is 2.04. The van der Waals surface area contributed by atoms with Crippen LogP contribution in [0.25, 0.3) is 0 Å². The first kappa shape index (κ1) is 6.41. The molecule has 0 aliphatic heterocycles. The van der Waals surface area contributed by atoms with Crippen molar-refractivity contribution in [2.75, 3.05) is 0 Å². The van der Waals surface area contributed by atoms with E-state index in [2.05, 4.69) is 12.2 Å². The van der Waals surface area contributed by atoms with E-state index >= 15 is 0 Å². The van der Waals surface area contributed by atoms with Crippen molar-refractivity contribution in [1.29, 1.82) is 0 Å². The lowest BCUT2D eigenvalue weighted by molar-refractivity contribution is -0.115. The van der Waals surface area contributed by atoms with Gasteiger partial charge in [0.1, 0.15) is 0 Å². The van der Waals surface area contributed by atoms with Crippen LogP contribution in [0, 0.1) is 17.8 Å². The molecule has 54 valence electrons. The second-order valence-corrected chi connectivity index (χ2v) is 3.56. The molecule has 0 heterocycles. The summed E-state index contributed by atoms with van der Waals surface area (Å²) in [5, 5.41) is -0.142. The lowest BCUT2D eigenvalue weighted by Gasteiger charge is -2.11. The van der Waals surface area contributed by atoms with Crippen molar-refractivity contribution >= 4 is 16.8 Å². The van der Waals surface area contributed by atoms with Crippen LogP contribution in [0.5, 0.6) is 0 Å². The topological polar surface area (TPSA) is 17.1 Å². The smallest absolute Gasteiger partial charge is 0.225 e. The van der Waals surface area contributed by atoms with Gasteiger partial charge >= 0.3 is 0 Å². The summed E-state index contributed by atoms with van der Waals surface area (Å²) in [6, 6.07) is 0. The van der Waals surface area contributed by atoms with Crippen molar-refractivity contribution in [3.8, 4) is 0 Å². The highest BCUT2D eigenvalue weighted by molar-refractivity contribution is 6.64. The Hall–Kier alpha value is -0.300. The van der Waals surface area contributed by atoms with E-state index in [9.17, 15) is 4.79 Å². The summed E-state index contributed by atoms with van der Waals surface area (Å²) in [4.78, 5) is 10.8. The first-order valence-corrected chi connectivity index (χ1v) is 4.03. The van der Waals surface area contributed by atoms with E-state index in [1.54, 1.807) is 0 Å². The van der Waals surface area contributed by atoms with E-state index in [1.165, 1.54) is 0 Å². The van der Waals surface area contributed by atoms with Gasteiger partial charge in [0.2, 0.25) is 5.24 Å². The normalized spacial score (nSPS) is 42.7. The van der Waals surface area contributed by atoms with E-state index in [4.69, 9.17) is 11.6 Å². The molecule has 2 aliphatic carbocycles. The molecule has 2 aliphatic rings. The number of carbonyl (C=O) groups is 1. The summed E-state index contributed by atoms with van der Waals surface area (Å²) < 4.78 is 0. The van der Waals surface area contributed by atoms with Crippen LogP contribution >= 0.6 is 11.6 Å². The third kappa shape index (κ3) is 0.807. The molecule has 0 spiro atoms. The molecule has 10 heavy (non-hydrogen) atoms. The molecule has 1 fully saturated rings. The van der Waals surface area contributed by atoms with E-state index in [1.807, 2.05) is 0 Å². The lowest BCUT2D eigenvalue weighted by atomic mass is 9.95. The molecule has 2 bridgehead atoms. The monoisotopic (exact) mass is 156 g/mol. The van der Waals surface area contributed by atoms with Gasteiger partial charge in [-0.25, -0.2) is 0 Å². The van der Waals surface area contributed by atoms with Crippen LogP contribution < -0.4 is 0 Å². The number of hydrogen-bond acceptors (Lipinski definition) is 1. The molecule has 0 radical (unpaired) electrons. The highest BCUT2D eigenvalue weighted by Crippen LogP contribution is 2.44. The number of halogens is 1. The summed E-state index contributed by atoms with van der Waals surface area (Å²) in [5.74, 6) is 1.25. The first-order chi connectivity index (χ1) is 4.77. The van der Waals surface area contributed by atoms with Crippen molar-refractivity contribution in [3.05, 3.63) is 12.2 Å². The molecule has 0 N–H and O–H groups in total. The minimum atomic E-state index is -0.142. The summed E-state index contributed by atoms with van der Waals surface area (Å²) in [6.07, 6.45) is 6.49. The molecule has 0 amide bonds. The zero-order chi connectivity index (χ0) is 7.14. The van der Waals surface area contributed by atoms with Crippen LogP contribution in [0.3, 0.4) is 0 Å². The van der Waals surface area contributed by atoms with Crippen LogP contribution in [-0.2, 0) is 4.79 Å². The molecule has 0 aromatic rings. The van der Waals surface area contributed by atoms with Gasteiger partial charge in [0.25, 0.3) is 0 Å². The minimum absolute atomic E-state index is 0.136. The van der Waals surface area contributed by atoms with Gasteiger partial charge in [-0.2, -0.15) is 0 Å². The Labute approximate surface area is 65.1 Å². The molecule has 2 heteroatoms. The Morgan fingerprint density at radius 1 is 1.40 bits per heavy atom. The maximum Gasteiger partial charge on any atom is 0.225 e. The van der Waals surface area contributed by atoms with E-state index in [0.717, 1.165) is 12.8 Å². The molecule has 0 aromatic carbocycles. The Balaban J connectivity index is 2.16. The van der Waals surface area contributed by atoms with Gasteiger partial charge in [-0.05, 0) is 36.3 Å². The number of allylic oxidation sites excluding steroid dienone is 2. The molecule has 3 atom stereocenters. The molecular weight excluding hydrogens is 148 g/mol. The van der Waals surface area contributed by atoms with Gasteiger partial charge in [0.15, 0.2) is 0 Å². The van der Waals surface area contributed by atoms with Gasteiger partial charge in [0.05, 0.1) is 0 Å². The molecular formula is C8H9ClO. The Morgan fingerprint density at radius 3 is 2.50 bits per heavy atom. The van der Waals surface area contributed by atoms with Gasteiger partial charge in [-0.15, -0.1) is 0 Å². The van der Waals surface area contributed by atoms with E-state index < -0.39 is 0 Å². The number of rotatable bonds is 1. The van der Waals surface area contributed by atoms with Crippen molar-refractivity contribution < 1.29 is 4.79 Å². The van der Waals surface area contributed by atoms with Crippen molar-refractivity contribution in [2.45, 2.75) is 12.8 Å². The van der Waals surface area contributed by atoms with Crippen LogP contribution in [0.1, 0.15) is 12.8 Å². The maximum atomic E-state index is 10.8. The largest absolute Gasteiger partial charge is 0.281 e. The summed E-state index contributed by atoms with van der Waals surface area (Å²) >= 11 is 5.41. The lowest BCUT2D eigenvalue weighted by Crippen LogP contribution is -2.13. The third-order valence-electron chi connectivity index (χ3n) is 2.57. The predicted octanol–water partition coefficient (Wildman–Crippen LogP) is 1.96. The van der Waals surface area contributed by atoms with Crippen LogP contribution in [0.2, 0.25) is 0 Å². The van der Waals surface area contributed by atoms with Crippen LogP contribution in [0.4, 0.5) is 0 Å². The van der Waals surface area contributed by atoms with Crippen molar-refractivity contribution in [3.63, 3.8) is 0 Å². The molecule has 1 nitrogen and oxygen atoms in total. The Kier molecular flexibility index (Phi) is 1.34. The number of carbonyl (C=O) groups excluding carboxylic acids is 1. The minimum Gasteiger partial charge on any atom is -0.281 e. The van der Waals surface area contributed by atoms with Gasteiger partial charge < -0.3 is 0 Å². The standard InChI is InChI=1S/C8H9ClO/c9-8(10)7-4-5-1-2-6(7)3-5/h1-2,5-7H,3-4H2/t5-,6-,7+/m1/s1. The number of hydrogen-bond donors (Lipinski definition) is 0. The van der Waals surface area contributed by atoms with E-state index in [-0.39, 0.29) is 11.2 Å². The molecule has 2 rings (SSSR count). The van der Waals surface area contributed by atoms with Gasteiger partial charge in [0, 0.05) is 5.92 Å². The molecule has 1 saturated carbocycles. The quantitative estimate of drug-likeness (QED) is 0.419. The van der Waals surface area contributed by atoms with Gasteiger partial charge in [-0.1, -0.05) is 12.2 Å².